The summed E-state index contributed by atoms with van der Waals surface area (Å²) in [6.07, 6.45) is 1.85. The Labute approximate surface area is 107 Å². The lowest BCUT2D eigenvalue weighted by molar-refractivity contribution is 0.297. The largest absolute Gasteiger partial charge is 0.443 e. The number of aromatic amines is 1. The van der Waals surface area contributed by atoms with Gasteiger partial charge in [0.25, 0.3) is 0 Å². The van der Waals surface area contributed by atoms with Crippen molar-refractivity contribution in [3.8, 4) is 11.3 Å². The second kappa shape index (κ2) is 4.44. The van der Waals surface area contributed by atoms with Gasteiger partial charge in [-0.2, -0.15) is 0 Å². The van der Waals surface area contributed by atoms with Gasteiger partial charge >= 0.3 is 0 Å². The van der Waals surface area contributed by atoms with E-state index in [1.54, 1.807) is 0 Å². The Balaban J connectivity index is 2.07. The smallest absolute Gasteiger partial charge is 0.181 e. The molecule has 18 heavy (non-hydrogen) atoms. The van der Waals surface area contributed by atoms with Crippen molar-refractivity contribution in [1.29, 1.82) is 0 Å². The highest BCUT2D eigenvalue weighted by molar-refractivity contribution is 6.32. The molecule has 0 aliphatic heterocycles. The van der Waals surface area contributed by atoms with Crippen molar-refractivity contribution in [3.05, 3.63) is 35.6 Å². The van der Waals surface area contributed by atoms with E-state index in [1.165, 1.54) is 6.39 Å². The van der Waals surface area contributed by atoms with Crippen LogP contribution in [0.25, 0.3) is 22.4 Å². The number of aliphatic hydroxyl groups excluding tert-OH is 1. The van der Waals surface area contributed by atoms with E-state index in [4.69, 9.17) is 21.1 Å². The van der Waals surface area contributed by atoms with Gasteiger partial charge in [0.2, 0.25) is 0 Å². The van der Waals surface area contributed by atoms with E-state index in [2.05, 4.69) is 15.0 Å². The number of aliphatic hydroxyl groups is 1. The molecule has 0 saturated heterocycles. The van der Waals surface area contributed by atoms with Crippen molar-refractivity contribution in [2.24, 2.45) is 0 Å². The SMILES string of the molecule is OCCc1nc(-c2ccc3ncoc3c2)c(Cl)[nH]1. The van der Waals surface area contributed by atoms with Crippen molar-refractivity contribution in [2.45, 2.75) is 6.42 Å². The Morgan fingerprint density at radius 1 is 1.39 bits per heavy atom. The lowest BCUT2D eigenvalue weighted by Crippen LogP contribution is -1.92. The number of halogens is 1. The van der Waals surface area contributed by atoms with E-state index in [1.807, 2.05) is 18.2 Å². The van der Waals surface area contributed by atoms with Crippen LogP contribution in [0.5, 0.6) is 0 Å². The molecule has 0 aliphatic carbocycles. The maximum absolute atomic E-state index is 8.88. The van der Waals surface area contributed by atoms with Crippen molar-refractivity contribution in [3.63, 3.8) is 0 Å². The lowest BCUT2D eigenvalue weighted by Gasteiger charge is -1.96. The summed E-state index contributed by atoms with van der Waals surface area (Å²) in [6.45, 7) is 0.0322. The Kier molecular flexibility index (Phi) is 2.77. The van der Waals surface area contributed by atoms with Gasteiger partial charge in [-0.1, -0.05) is 17.7 Å². The molecule has 0 amide bonds. The number of H-pyrrole nitrogens is 1. The lowest BCUT2D eigenvalue weighted by atomic mass is 10.1. The van der Waals surface area contributed by atoms with E-state index in [9.17, 15) is 0 Å². The molecule has 6 heteroatoms. The molecule has 3 rings (SSSR count). The number of hydrogen-bond acceptors (Lipinski definition) is 4. The fourth-order valence-electron chi connectivity index (χ4n) is 1.82. The summed E-state index contributed by atoms with van der Waals surface area (Å²) in [4.78, 5) is 11.3. The molecule has 0 aliphatic rings. The highest BCUT2D eigenvalue weighted by Crippen LogP contribution is 2.28. The van der Waals surface area contributed by atoms with Gasteiger partial charge in [-0.05, 0) is 12.1 Å². The molecule has 2 heterocycles. The normalized spacial score (nSPS) is 11.2. The minimum atomic E-state index is 0.0322. The van der Waals surface area contributed by atoms with Crippen LogP contribution in [-0.4, -0.2) is 26.7 Å². The number of oxazole rings is 1. The molecule has 1 aromatic carbocycles. The van der Waals surface area contributed by atoms with Gasteiger partial charge in [0, 0.05) is 12.0 Å². The first kappa shape index (κ1) is 11.3. The van der Waals surface area contributed by atoms with E-state index in [0.29, 0.717) is 28.7 Å². The molecular weight excluding hydrogens is 254 g/mol. The monoisotopic (exact) mass is 263 g/mol. The molecule has 2 N–H and O–H groups in total. The summed E-state index contributed by atoms with van der Waals surface area (Å²) in [5.41, 5.74) is 2.99. The number of hydrogen-bond donors (Lipinski definition) is 2. The third-order valence-corrected chi connectivity index (χ3v) is 2.94. The Bertz CT molecular complexity index is 690. The van der Waals surface area contributed by atoms with E-state index in [0.717, 1.165) is 11.1 Å². The Hall–Kier alpha value is -1.85. The van der Waals surface area contributed by atoms with Gasteiger partial charge in [-0.15, -0.1) is 0 Å². The molecule has 0 saturated carbocycles. The Morgan fingerprint density at radius 2 is 2.28 bits per heavy atom. The summed E-state index contributed by atoms with van der Waals surface area (Å²) < 4.78 is 5.24. The van der Waals surface area contributed by atoms with E-state index in [-0.39, 0.29) is 6.61 Å². The molecule has 3 aromatic rings. The Morgan fingerprint density at radius 3 is 3.11 bits per heavy atom. The number of fused-ring (bicyclic) bond motifs is 1. The van der Waals surface area contributed by atoms with Gasteiger partial charge < -0.3 is 14.5 Å². The van der Waals surface area contributed by atoms with Crippen LogP contribution < -0.4 is 0 Å². The first-order valence-corrected chi connectivity index (χ1v) is 5.84. The highest BCUT2D eigenvalue weighted by atomic mass is 35.5. The van der Waals surface area contributed by atoms with Gasteiger partial charge in [-0.25, -0.2) is 9.97 Å². The van der Waals surface area contributed by atoms with Crippen LogP contribution in [0.4, 0.5) is 0 Å². The maximum atomic E-state index is 8.88. The second-order valence-corrected chi connectivity index (χ2v) is 4.23. The van der Waals surface area contributed by atoms with Gasteiger partial charge in [-0.3, -0.25) is 0 Å². The first-order chi connectivity index (χ1) is 8.78. The second-order valence-electron chi connectivity index (χ2n) is 3.85. The van der Waals surface area contributed by atoms with Crippen LogP contribution in [-0.2, 0) is 6.42 Å². The predicted octanol–water partition coefficient (Wildman–Crippen LogP) is 2.41. The molecule has 0 fully saturated rings. The molecule has 0 atom stereocenters. The fraction of sp³-hybridized carbons (Fsp3) is 0.167. The number of nitrogens with zero attached hydrogens (tertiary/aromatic N) is 2. The molecule has 0 spiro atoms. The van der Waals surface area contributed by atoms with Crippen molar-refractivity contribution >= 4 is 22.7 Å². The predicted molar refractivity (Wildman–Crippen MR) is 67.4 cm³/mol. The number of imidazole rings is 1. The van der Waals surface area contributed by atoms with Gasteiger partial charge in [0.15, 0.2) is 12.0 Å². The molecule has 0 unspecified atom stereocenters. The number of benzene rings is 1. The van der Waals surface area contributed by atoms with Crippen LogP contribution in [0.3, 0.4) is 0 Å². The third kappa shape index (κ3) is 1.87. The molecule has 2 aromatic heterocycles. The van der Waals surface area contributed by atoms with Gasteiger partial charge in [0.1, 0.15) is 22.2 Å². The summed E-state index contributed by atoms with van der Waals surface area (Å²) in [6, 6.07) is 5.58. The van der Waals surface area contributed by atoms with E-state index < -0.39 is 0 Å². The zero-order valence-electron chi connectivity index (χ0n) is 9.35. The van der Waals surface area contributed by atoms with Crippen LogP contribution in [0.1, 0.15) is 5.82 Å². The summed E-state index contributed by atoms with van der Waals surface area (Å²) in [5.74, 6) is 0.662. The minimum absolute atomic E-state index is 0.0322. The molecule has 92 valence electrons. The number of rotatable bonds is 3. The van der Waals surface area contributed by atoms with Crippen molar-refractivity contribution in [1.82, 2.24) is 15.0 Å². The molecule has 0 bridgehead atoms. The van der Waals surface area contributed by atoms with Crippen LogP contribution in [0.2, 0.25) is 5.15 Å². The van der Waals surface area contributed by atoms with Crippen molar-refractivity contribution < 1.29 is 9.52 Å². The quantitative estimate of drug-likeness (QED) is 0.761. The topological polar surface area (TPSA) is 74.9 Å². The maximum Gasteiger partial charge on any atom is 0.181 e. The molecule has 5 nitrogen and oxygen atoms in total. The first-order valence-electron chi connectivity index (χ1n) is 5.47. The summed E-state index contributed by atoms with van der Waals surface area (Å²) >= 11 is 6.09. The van der Waals surface area contributed by atoms with Crippen LogP contribution in [0.15, 0.2) is 29.0 Å². The van der Waals surface area contributed by atoms with Crippen LogP contribution in [0, 0.1) is 0 Å². The zero-order valence-corrected chi connectivity index (χ0v) is 10.1. The third-order valence-electron chi connectivity index (χ3n) is 2.66. The summed E-state index contributed by atoms with van der Waals surface area (Å²) in [5, 5.41) is 9.33. The average Bonchev–Trinajstić information content (AvgIpc) is 2.95. The minimum Gasteiger partial charge on any atom is -0.443 e. The summed E-state index contributed by atoms with van der Waals surface area (Å²) in [7, 11) is 0. The van der Waals surface area contributed by atoms with Crippen molar-refractivity contribution in [2.75, 3.05) is 6.61 Å². The van der Waals surface area contributed by atoms with Gasteiger partial charge in [0.05, 0.1) is 6.61 Å². The molecular formula is C12H10ClN3O2. The standard InChI is InChI=1S/C12H10ClN3O2/c13-12-11(15-10(16-12)3-4-17)7-1-2-8-9(5-7)18-6-14-8/h1-2,5-6,17H,3-4H2,(H,15,16). The number of aromatic nitrogens is 3. The highest BCUT2D eigenvalue weighted by Gasteiger charge is 2.11. The zero-order chi connectivity index (χ0) is 12.5. The molecule has 0 radical (unpaired) electrons. The fourth-order valence-corrected chi connectivity index (χ4v) is 2.08. The number of nitrogens with one attached hydrogen (secondary N) is 1. The van der Waals surface area contributed by atoms with E-state index >= 15 is 0 Å². The average molecular weight is 264 g/mol. The van der Waals surface area contributed by atoms with Crippen LogP contribution >= 0.6 is 11.6 Å².